The summed E-state index contributed by atoms with van der Waals surface area (Å²) in [4.78, 5) is 26.8. The third-order valence-corrected chi connectivity index (χ3v) is 4.29. The summed E-state index contributed by atoms with van der Waals surface area (Å²) >= 11 is 0. The summed E-state index contributed by atoms with van der Waals surface area (Å²) in [5, 5.41) is 19.0. The number of hydrogen-bond acceptors (Lipinski definition) is 7. The summed E-state index contributed by atoms with van der Waals surface area (Å²) < 4.78 is 7.90. The van der Waals surface area contributed by atoms with E-state index in [2.05, 4.69) is 15.1 Å². The van der Waals surface area contributed by atoms with Gasteiger partial charge in [-0.1, -0.05) is 0 Å². The molecule has 140 valence electrons. The van der Waals surface area contributed by atoms with Crippen molar-refractivity contribution in [2.24, 2.45) is 7.05 Å². The lowest BCUT2D eigenvalue weighted by Crippen LogP contribution is -2.49. The maximum absolute atomic E-state index is 12.4. The first-order valence-corrected chi connectivity index (χ1v) is 8.19. The van der Waals surface area contributed by atoms with Crippen LogP contribution in [0.5, 0.6) is 5.88 Å². The summed E-state index contributed by atoms with van der Waals surface area (Å²) in [6.07, 6.45) is 5.04. The van der Waals surface area contributed by atoms with Crippen molar-refractivity contribution >= 4 is 11.6 Å². The van der Waals surface area contributed by atoms with Crippen molar-refractivity contribution in [2.75, 3.05) is 33.3 Å². The monoisotopic (exact) mass is 363 g/mol. The van der Waals surface area contributed by atoms with Crippen LogP contribution in [-0.4, -0.2) is 73.5 Å². The van der Waals surface area contributed by atoms with E-state index in [9.17, 15) is 14.9 Å². The molecule has 1 saturated heterocycles. The molecule has 2 aromatic rings. The Hall–Kier alpha value is -2.95. The molecule has 1 amide bonds. The first-order chi connectivity index (χ1) is 12.5. The maximum atomic E-state index is 12.4. The third kappa shape index (κ3) is 3.99. The zero-order valence-electron chi connectivity index (χ0n) is 14.7. The molecule has 0 bridgehead atoms. The van der Waals surface area contributed by atoms with Gasteiger partial charge < -0.3 is 9.64 Å². The highest BCUT2D eigenvalue weighted by Gasteiger charge is 2.25. The van der Waals surface area contributed by atoms with Gasteiger partial charge in [-0.25, -0.2) is 0 Å². The van der Waals surface area contributed by atoms with Crippen LogP contribution in [0.15, 0.2) is 18.6 Å². The number of nitro groups is 1. The molecule has 3 rings (SSSR count). The molecule has 0 aliphatic carbocycles. The number of carbonyl (C=O) groups excluding carboxylic acids is 1. The molecule has 11 heteroatoms. The van der Waals surface area contributed by atoms with Gasteiger partial charge in [0.2, 0.25) is 5.91 Å². The summed E-state index contributed by atoms with van der Waals surface area (Å²) in [5.41, 5.74) is 0.893. The van der Waals surface area contributed by atoms with Gasteiger partial charge in [-0.05, 0) is 0 Å². The van der Waals surface area contributed by atoms with Crippen LogP contribution >= 0.6 is 0 Å². The predicted octanol–water partition coefficient (Wildman–Crippen LogP) is -0.122. The highest BCUT2D eigenvalue weighted by molar-refractivity contribution is 5.76. The number of piperazine rings is 1. The van der Waals surface area contributed by atoms with E-state index in [-0.39, 0.29) is 24.0 Å². The van der Waals surface area contributed by atoms with Gasteiger partial charge in [0.15, 0.2) is 0 Å². The van der Waals surface area contributed by atoms with Gasteiger partial charge in [-0.3, -0.25) is 29.2 Å². The number of hydrogen-bond donors (Lipinski definition) is 0. The number of aryl methyl sites for hydroxylation is 1. The molecule has 0 spiro atoms. The van der Waals surface area contributed by atoms with E-state index in [4.69, 9.17) is 4.74 Å². The Balaban J connectivity index is 1.53. The number of aromatic nitrogens is 4. The van der Waals surface area contributed by atoms with E-state index in [1.807, 2.05) is 19.4 Å². The highest BCUT2D eigenvalue weighted by atomic mass is 16.6. The Morgan fingerprint density at radius 3 is 2.58 bits per heavy atom. The van der Waals surface area contributed by atoms with Crippen LogP contribution in [0.4, 0.5) is 5.69 Å². The van der Waals surface area contributed by atoms with Gasteiger partial charge in [-0.15, -0.1) is 5.10 Å². The third-order valence-electron chi connectivity index (χ3n) is 4.29. The minimum atomic E-state index is -0.579. The Bertz CT molecular complexity index is 792. The van der Waals surface area contributed by atoms with E-state index < -0.39 is 4.92 Å². The van der Waals surface area contributed by atoms with E-state index in [1.165, 1.54) is 18.0 Å². The summed E-state index contributed by atoms with van der Waals surface area (Å²) in [6.45, 7) is 3.51. The van der Waals surface area contributed by atoms with Crippen LogP contribution in [0, 0.1) is 10.1 Å². The number of rotatable bonds is 6. The molecule has 0 aromatic carbocycles. The smallest absolute Gasteiger partial charge is 0.350 e. The van der Waals surface area contributed by atoms with Gasteiger partial charge in [0.1, 0.15) is 12.7 Å². The quantitative estimate of drug-likeness (QED) is 0.519. The fourth-order valence-electron chi connectivity index (χ4n) is 2.95. The van der Waals surface area contributed by atoms with Crippen LogP contribution in [0.2, 0.25) is 0 Å². The van der Waals surface area contributed by atoms with E-state index in [0.717, 1.165) is 25.2 Å². The molecule has 1 aliphatic heterocycles. The predicted molar refractivity (Wildman–Crippen MR) is 90.5 cm³/mol. The second-order valence-corrected chi connectivity index (χ2v) is 6.16. The standard InChI is InChI=1S/C15H21N7O4/c1-18-8-12(7-16-18)9-19-3-5-20(6-4-19)14(23)11-21-10-13(22(24)25)15(17-21)26-2/h7-8,10H,3-6,9,11H2,1-2H3. The van der Waals surface area contributed by atoms with Crippen molar-refractivity contribution in [3.8, 4) is 5.88 Å². The van der Waals surface area contributed by atoms with Crippen molar-refractivity contribution in [2.45, 2.75) is 13.1 Å². The van der Waals surface area contributed by atoms with Gasteiger partial charge in [0.05, 0.1) is 18.2 Å². The van der Waals surface area contributed by atoms with Gasteiger partial charge in [0, 0.05) is 51.5 Å². The number of nitrogens with zero attached hydrogens (tertiary/aromatic N) is 7. The fraction of sp³-hybridized carbons (Fsp3) is 0.533. The number of amides is 1. The van der Waals surface area contributed by atoms with E-state index in [0.29, 0.717) is 13.1 Å². The van der Waals surface area contributed by atoms with Crippen LogP contribution in [0.25, 0.3) is 0 Å². The number of methoxy groups -OCH3 is 1. The molecule has 0 unspecified atom stereocenters. The molecule has 0 N–H and O–H groups in total. The molecule has 11 nitrogen and oxygen atoms in total. The van der Waals surface area contributed by atoms with E-state index in [1.54, 1.807) is 9.58 Å². The number of ether oxygens (including phenoxy) is 1. The van der Waals surface area contributed by atoms with Crippen LogP contribution in [0.3, 0.4) is 0 Å². The Labute approximate surface area is 149 Å². The molecule has 0 radical (unpaired) electrons. The Morgan fingerprint density at radius 2 is 2.04 bits per heavy atom. The maximum Gasteiger partial charge on any atom is 0.350 e. The molecule has 1 aliphatic rings. The molecule has 0 saturated carbocycles. The molecular weight excluding hydrogens is 342 g/mol. The minimum Gasteiger partial charge on any atom is -0.475 e. The van der Waals surface area contributed by atoms with Gasteiger partial charge >= 0.3 is 11.6 Å². The molecular formula is C15H21N7O4. The lowest BCUT2D eigenvalue weighted by atomic mass is 10.2. The number of carbonyl (C=O) groups is 1. The average molecular weight is 363 g/mol. The van der Waals surface area contributed by atoms with Gasteiger partial charge in [0.25, 0.3) is 0 Å². The summed E-state index contributed by atoms with van der Waals surface area (Å²) in [5.74, 6) is -0.213. The first-order valence-electron chi connectivity index (χ1n) is 8.19. The minimum absolute atomic E-state index is 0.0488. The Kier molecular flexibility index (Phi) is 5.16. The topological polar surface area (TPSA) is 112 Å². The van der Waals surface area contributed by atoms with Crippen molar-refractivity contribution in [1.82, 2.24) is 29.4 Å². The summed E-state index contributed by atoms with van der Waals surface area (Å²) in [6, 6.07) is 0. The first kappa shape index (κ1) is 17.9. The van der Waals surface area contributed by atoms with Crippen LogP contribution < -0.4 is 4.74 Å². The normalized spacial score (nSPS) is 15.2. The molecule has 0 atom stereocenters. The fourth-order valence-corrected chi connectivity index (χ4v) is 2.95. The average Bonchev–Trinajstić information content (AvgIpc) is 3.21. The molecule has 3 heterocycles. The van der Waals surface area contributed by atoms with Crippen molar-refractivity contribution in [1.29, 1.82) is 0 Å². The van der Waals surface area contributed by atoms with Crippen molar-refractivity contribution in [3.63, 3.8) is 0 Å². The van der Waals surface area contributed by atoms with Crippen LogP contribution in [0.1, 0.15) is 5.56 Å². The van der Waals surface area contributed by atoms with Crippen LogP contribution in [-0.2, 0) is 24.9 Å². The second kappa shape index (κ2) is 7.52. The zero-order valence-corrected chi connectivity index (χ0v) is 14.7. The molecule has 1 fully saturated rings. The van der Waals surface area contributed by atoms with Crippen molar-refractivity contribution in [3.05, 3.63) is 34.3 Å². The molecule has 26 heavy (non-hydrogen) atoms. The lowest BCUT2D eigenvalue weighted by Gasteiger charge is -2.34. The second-order valence-electron chi connectivity index (χ2n) is 6.16. The Morgan fingerprint density at radius 1 is 1.31 bits per heavy atom. The zero-order chi connectivity index (χ0) is 18.7. The SMILES string of the molecule is COc1nn(CC(=O)N2CCN(Cc3cnn(C)c3)CC2)cc1[N+](=O)[O-]. The van der Waals surface area contributed by atoms with Crippen molar-refractivity contribution < 1.29 is 14.5 Å². The lowest BCUT2D eigenvalue weighted by molar-refractivity contribution is -0.385. The summed E-state index contributed by atoms with van der Waals surface area (Å²) in [7, 11) is 3.19. The van der Waals surface area contributed by atoms with Gasteiger partial charge in [-0.2, -0.15) is 5.10 Å². The van der Waals surface area contributed by atoms with E-state index >= 15 is 0 Å². The largest absolute Gasteiger partial charge is 0.475 e. The highest BCUT2D eigenvalue weighted by Crippen LogP contribution is 2.24. The molecule has 2 aromatic heterocycles.